The standard InChI is InChI=1S/C12H14NS/c1-9-6-4-5-7-12(9)13-8-14-11(3)10(13)2/h4-8H,1-3H3/q+1. The summed E-state index contributed by atoms with van der Waals surface area (Å²) in [5.41, 5.74) is 6.12. The van der Waals surface area contributed by atoms with E-state index in [1.807, 2.05) is 0 Å². The SMILES string of the molecule is Cc1ccccc1-[n+]1csc(C)c1C. The number of benzene rings is 1. The van der Waals surface area contributed by atoms with Gasteiger partial charge in [0.25, 0.3) is 0 Å². The van der Waals surface area contributed by atoms with Crippen LogP contribution in [0.2, 0.25) is 0 Å². The van der Waals surface area contributed by atoms with Crippen LogP contribution in [-0.4, -0.2) is 0 Å². The van der Waals surface area contributed by atoms with Crippen molar-refractivity contribution in [2.45, 2.75) is 20.8 Å². The first kappa shape index (κ1) is 9.41. The Hall–Kier alpha value is -1.15. The lowest BCUT2D eigenvalue weighted by atomic mass is 10.2. The molecule has 0 amide bonds. The van der Waals surface area contributed by atoms with Gasteiger partial charge in [-0.2, -0.15) is 4.57 Å². The molecule has 0 unspecified atom stereocenters. The smallest absolute Gasteiger partial charge is 0.154 e. The van der Waals surface area contributed by atoms with Crippen molar-refractivity contribution >= 4 is 11.3 Å². The van der Waals surface area contributed by atoms with Gasteiger partial charge in [0.05, 0.1) is 4.88 Å². The highest BCUT2D eigenvalue weighted by Gasteiger charge is 2.15. The second-order valence-corrected chi connectivity index (χ2v) is 4.58. The number of thiazole rings is 1. The summed E-state index contributed by atoms with van der Waals surface area (Å²) < 4.78 is 2.26. The van der Waals surface area contributed by atoms with E-state index in [0.717, 1.165) is 0 Å². The van der Waals surface area contributed by atoms with E-state index in [2.05, 4.69) is 55.1 Å². The van der Waals surface area contributed by atoms with E-state index >= 15 is 0 Å². The van der Waals surface area contributed by atoms with Crippen LogP contribution in [0, 0.1) is 20.8 Å². The quantitative estimate of drug-likeness (QED) is 0.629. The third-order valence-electron chi connectivity index (χ3n) is 2.58. The van der Waals surface area contributed by atoms with E-state index in [1.165, 1.54) is 21.8 Å². The Morgan fingerprint density at radius 1 is 1.07 bits per heavy atom. The Morgan fingerprint density at radius 3 is 2.36 bits per heavy atom. The summed E-state index contributed by atoms with van der Waals surface area (Å²) in [5.74, 6) is 0. The lowest BCUT2D eigenvalue weighted by Gasteiger charge is -1.97. The minimum Gasteiger partial charge on any atom is -0.154 e. The van der Waals surface area contributed by atoms with E-state index in [1.54, 1.807) is 11.3 Å². The molecule has 0 N–H and O–H groups in total. The van der Waals surface area contributed by atoms with Gasteiger partial charge in [-0.05, 0) is 13.8 Å². The van der Waals surface area contributed by atoms with Gasteiger partial charge < -0.3 is 0 Å². The molecule has 0 saturated heterocycles. The molecule has 0 aliphatic rings. The van der Waals surface area contributed by atoms with Crippen molar-refractivity contribution in [3.05, 3.63) is 45.9 Å². The third kappa shape index (κ3) is 1.46. The first-order valence-corrected chi connectivity index (χ1v) is 5.60. The molecule has 0 radical (unpaired) electrons. The monoisotopic (exact) mass is 204 g/mol. The maximum atomic E-state index is 2.26. The predicted molar refractivity (Wildman–Crippen MR) is 60.1 cm³/mol. The minimum atomic E-state index is 1.29. The summed E-state index contributed by atoms with van der Waals surface area (Å²) in [4.78, 5) is 1.38. The highest BCUT2D eigenvalue weighted by Crippen LogP contribution is 2.13. The van der Waals surface area contributed by atoms with Gasteiger partial charge in [0.1, 0.15) is 0 Å². The maximum Gasteiger partial charge on any atom is 0.231 e. The molecule has 1 nitrogen and oxygen atoms in total. The van der Waals surface area contributed by atoms with E-state index in [0.29, 0.717) is 0 Å². The van der Waals surface area contributed by atoms with Crippen molar-refractivity contribution in [1.82, 2.24) is 0 Å². The van der Waals surface area contributed by atoms with Crippen LogP contribution < -0.4 is 4.57 Å². The number of rotatable bonds is 1. The van der Waals surface area contributed by atoms with Crippen molar-refractivity contribution in [3.63, 3.8) is 0 Å². The van der Waals surface area contributed by atoms with Crippen molar-refractivity contribution in [2.24, 2.45) is 0 Å². The Morgan fingerprint density at radius 2 is 1.79 bits per heavy atom. The molecule has 0 aliphatic carbocycles. The fourth-order valence-corrected chi connectivity index (χ4v) is 2.34. The fourth-order valence-electron chi connectivity index (χ4n) is 1.54. The summed E-state index contributed by atoms with van der Waals surface area (Å²) in [7, 11) is 0. The Balaban J connectivity index is 2.60. The number of para-hydroxylation sites is 1. The first-order chi connectivity index (χ1) is 6.70. The normalized spacial score (nSPS) is 10.5. The van der Waals surface area contributed by atoms with E-state index < -0.39 is 0 Å². The summed E-state index contributed by atoms with van der Waals surface area (Å²) >= 11 is 1.80. The molecule has 2 rings (SSSR count). The molecular weight excluding hydrogens is 190 g/mol. The van der Waals surface area contributed by atoms with Crippen LogP contribution in [0.15, 0.2) is 29.8 Å². The number of hydrogen-bond acceptors (Lipinski definition) is 1. The molecule has 14 heavy (non-hydrogen) atoms. The van der Waals surface area contributed by atoms with Crippen molar-refractivity contribution in [2.75, 3.05) is 0 Å². The van der Waals surface area contributed by atoms with Crippen LogP contribution in [0.25, 0.3) is 5.69 Å². The number of nitrogens with zero attached hydrogens (tertiary/aromatic N) is 1. The van der Waals surface area contributed by atoms with Crippen molar-refractivity contribution < 1.29 is 4.57 Å². The van der Waals surface area contributed by atoms with E-state index in [-0.39, 0.29) is 0 Å². The number of aryl methyl sites for hydroxylation is 2. The molecule has 0 bridgehead atoms. The summed E-state index contributed by atoms with van der Waals surface area (Å²) in [5, 5.41) is 0. The molecule has 0 atom stereocenters. The van der Waals surface area contributed by atoms with Gasteiger partial charge in [-0.15, -0.1) is 0 Å². The zero-order chi connectivity index (χ0) is 10.1. The van der Waals surface area contributed by atoms with Gasteiger partial charge in [-0.25, -0.2) is 0 Å². The van der Waals surface area contributed by atoms with Gasteiger partial charge >= 0.3 is 0 Å². The maximum absolute atomic E-state index is 2.26. The molecule has 1 heterocycles. The van der Waals surface area contributed by atoms with Crippen molar-refractivity contribution in [1.29, 1.82) is 0 Å². The third-order valence-corrected chi connectivity index (χ3v) is 3.55. The molecule has 0 fully saturated rings. The fraction of sp³-hybridized carbons (Fsp3) is 0.250. The van der Waals surface area contributed by atoms with Crippen LogP contribution in [0.5, 0.6) is 0 Å². The minimum absolute atomic E-state index is 1.29. The second kappa shape index (κ2) is 3.54. The van der Waals surface area contributed by atoms with Crippen LogP contribution >= 0.6 is 11.3 Å². The van der Waals surface area contributed by atoms with Gasteiger partial charge in [0, 0.05) is 18.6 Å². The number of aromatic nitrogens is 1. The molecule has 2 heteroatoms. The molecule has 0 aliphatic heterocycles. The molecule has 72 valence electrons. The van der Waals surface area contributed by atoms with Crippen LogP contribution in [0.1, 0.15) is 16.1 Å². The van der Waals surface area contributed by atoms with Gasteiger partial charge in [-0.1, -0.05) is 29.5 Å². The summed E-state index contributed by atoms with van der Waals surface area (Å²) in [6, 6.07) is 8.47. The molecule has 2 aromatic rings. The van der Waals surface area contributed by atoms with E-state index in [4.69, 9.17) is 0 Å². The Labute approximate surface area is 88.7 Å². The molecular formula is C12H14NS+. The highest BCUT2D eigenvalue weighted by atomic mass is 32.1. The Kier molecular flexibility index (Phi) is 2.38. The highest BCUT2D eigenvalue weighted by molar-refractivity contribution is 7.09. The topological polar surface area (TPSA) is 3.88 Å². The molecule has 0 spiro atoms. The van der Waals surface area contributed by atoms with Crippen LogP contribution in [0.3, 0.4) is 0 Å². The second-order valence-electron chi connectivity index (χ2n) is 3.52. The summed E-state index contributed by atoms with van der Waals surface area (Å²) in [6.45, 7) is 6.47. The molecule has 1 aromatic heterocycles. The molecule has 0 saturated carbocycles. The van der Waals surface area contributed by atoms with Crippen molar-refractivity contribution in [3.8, 4) is 5.69 Å². The molecule has 1 aromatic carbocycles. The van der Waals surface area contributed by atoms with Crippen LogP contribution in [0.4, 0.5) is 0 Å². The average molecular weight is 204 g/mol. The predicted octanol–water partition coefficient (Wildman–Crippen LogP) is 2.95. The summed E-state index contributed by atoms with van der Waals surface area (Å²) in [6.07, 6.45) is 0. The largest absolute Gasteiger partial charge is 0.231 e. The van der Waals surface area contributed by atoms with Crippen LogP contribution in [-0.2, 0) is 0 Å². The lowest BCUT2D eigenvalue weighted by Crippen LogP contribution is -2.32. The first-order valence-electron chi connectivity index (χ1n) is 4.72. The Bertz CT molecular complexity index is 457. The van der Waals surface area contributed by atoms with E-state index in [9.17, 15) is 0 Å². The zero-order valence-electron chi connectivity index (χ0n) is 8.74. The van der Waals surface area contributed by atoms with Gasteiger partial charge in [-0.3, -0.25) is 0 Å². The zero-order valence-corrected chi connectivity index (χ0v) is 9.56. The van der Waals surface area contributed by atoms with Gasteiger partial charge in [0.2, 0.25) is 11.2 Å². The number of hydrogen-bond donors (Lipinski definition) is 0. The lowest BCUT2D eigenvalue weighted by molar-refractivity contribution is -0.597. The van der Waals surface area contributed by atoms with Gasteiger partial charge in [0.15, 0.2) is 5.69 Å². The average Bonchev–Trinajstić information content (AvgIpc) is 2.49.